The fourth-order valence-electron chi connectivity index (χ4n) is 1.46. The molecule has 1 rings (SSSR count). The lowest BCUT2D eigenvalue weighted by molar-refractivity contribution is -0.137. The lowest BCUT2D eigenvalue weighted by Crippen LogP contribution is -2.28. The van der Waals surface area contributed by atoms with Gasteiger partial charge in [0, 0.05) is 5.69 Å². The first-order chi connectivity index (χ1) is 8.58. The minimum atomic E-state index is -0.875. The van der Waals surface area contributed by atoms with Crippen molar-refractivity contribution in [3.8, 4) is 5.75 Å². The molecule has 1 atom stereocenters. The number of hydrogen-bond acceptors (Lipinski definition) is 3. The molecule has 0 amide bonds. The van der Waals surface area contributed by atoms with E-state index in [-0.39, 0.29) is 0 Å². The Hall–Kier alpha value is -1.42. The third-order valence-electron chi connectivity index (χ3n) is 2.44. The molecule has 18 heavy (non-hydrogen) atoms. The van der Waals surface area contributed by atoms with Gasteiger partial charge in [0.2, 0.25) is 0 Å². The average Bonchev–Trinajstić information content (AvgIpc) is 2.34. The van der Waals surface area contributed by atoms with Crippen molar-refractivity contribution in [2.75, 3.05) is 11.9 Å². The van der Waals surface area contributed by atoms with Crippen LogP contribution in [0.1, 0.15) is 26.7 Å². The highest BCUT2D eigenvalue weighted by Gasteiger charge is 2.14. The van der Waals surface area contributed by atoms with Crippen molar-refractivity contribution in [2.24, 2.45) is 0 Å². The van der Waals surface area contributed by atoms with Crippen LogP contribution in [0, 0.1) is 0 Å². The zero-order valence-electron chi connectivity index (χ0n) is 10.6. The predicted molar refractivity (Wildman–Crippen MR) is 72.6 cm³/mol. The topological polar surface area (TPSA) is 58.6 Å². The molecule has 0 heterocycles. The molecular formula is C13H18ClNO3. The summed E-state index contributed by atoms with van der Waals surface area (Å²) in [5, 5.41) is 12.3. The largest absolute Gasteiger partial charge is 0.492 e. The lowest BCUT2D eigenvalue weighted by atomic mass is 10.2. The Morgan fingerprint density at radius 1 is 1.50 bits per heavy atom. The first-order valence-corrected chi connectivity index (χ1v) is 6.38. The number of nitrogens with one attached hydrogen (secondary N) is 1. The van der Waals surface area contributed by atoms with Crippen LogP contribution in [0.15, 0.2) is 18.2 Å². The van der Waals surface area contributed by atoms with Gasteiger partial charge in [-0.05, 0) is 31.0 Å². The molecule has 0 bridgehead atoms. The summed E-state index contributed by atoms with van der Waals surface area (Å²) in [6.45, 7) is 4.44. The van der Waals surface area contributed by atoms with Crippen molar-refractivity contribution in [1.29, 1.82) is 0 Å². The number of aliphatic carboxylic acids is 1. The molecule has 0 aliphatic carbocycles. The Morgan fingerprint density at radius 2 is 2.22 bits per heavy atom. The second kappa shape index (κ2) is 7.11. The van der Waals surface area contributed by atoms with Crippen LogP contribution in [0.4, 0.5) is 5.69 Å². The minimum Gasteiger partial charge on any atom is -0.492 e. The van der Waals surface area contributed by atoms with Gasteiger partial charge < -0.3 is 15.2 Å². The second-order valence-electron chi connectivity index (χ2n) is 3.94. The Bertz CT molecular complexity index is 409. The molecule has 1 unspecified atom stereocenters. The second-order valence-corrected chi connectivity index (χ2v) is 4.34. The summed E-state index contributed by atoms with van der Waals surface area (Å²) in [6, 6.07) is 4.58. The van der Waals surface area contributed by atoms with Crippen LogP contribution < -0.4 is 10.1 Å². The molecule has 2 N–H and O–H groups in total. The molecule has 1 aromatic carbocycles. The maximum Gasteiger partial charge on any atom is 0.326 e. The summed E-state index contributed by atoms with van der Waals surface area (Å²) in [6.07, 6.45) is 1.41. The molecule has 100 valence electrons. The normalized spacial score (nSPS) is 11.9. The summed E-state index contributed by atoms with van der Waals surface area (Å²) in [5.74, 6) is -0.257. The van der Waals surface area contributed by atoms with Crippen molar-refractivity contribution < 1.29 is 14.6 Å². The van der Waals surface area contributed by atoms with Gasteiger partial charge in [-0.3, -0.25) is 0 Å². The first-order valence-electron chi connectivity index (χ1n) is 6.00. The molecule has 0 spiro atoms. The highest BCUT2D eigenvalue weighted by atomic mass is 35.5. The third kappa shape index (κ3) is 4.11. The molecule has 4 nitrogen and oxygen atoms in total. The molecule has 0 saturated heterocycles. The van der Waals surface area contributed by atoms with E-state index in [0.29, 0.717) is 29.5 Å². The van der Waals surface area contributed by atoms with Crippen molar-refractivity contribution in [3.05, 3.63) is 23.2 Å². The number of carboxylic acid groups (broad SMARTS) is 1. The van der Waals surface area contributed by atoms with Gasteiger partial charge in [-0.1, -0.05) is 25.4 Å². The van der Waals surface area contributed by atoms with E-state index in [0.717, 1.165) is 6.42 Å². The third-order valence-corrected chi connectivity index (χ3v) is 2.74. The van der Waals surface area contributed by atoms with Crippen LogP contribution in [-0.4, -0.2) is 23.7 Å². The number of carbonyl (C=O) groups is 1. The highest BCUT2D eigenvalue weighted by Crippen LogP contribution is 2.28. The Morgan fingerprint density at radius 3 is 2.72 bits per heavy atom. The number of benzene rings is 1. The Kier molecular flexibility index (Phi) is 5.78. The number of ether oxygens (including phenoxy) is 1. The van der Waals surface area contributed by atoms with Gasteiger partial charge in [0.25, 0.3) is 0 Å². The number of anilines is 1. The highest BCUT2D eigenvalue weighted by molar-refractivity contribution is 6.32. The summed E-state index contributed by atoms with van der Waals surface area (Å²) >= 11 is 6.06. The number of rotatable bonds is 7. The number of halogens is 1. The van der Waals surface area contributed by atoms with Crippen LogP contribution in [0.25, 0.3) is 0 Å². The molecule has 0 aliphatic rings. The summed E-state index contributed by atoms with van der Waals surface area (Å²) < 4.78 is 5.44. The maximum absolute atomic E-state index is 10.9. The minimum absolute atomic E-state index is 0.480. The summed E-state index contributed by atoms with van der Waals surface area (Å²) in [4.78, 5) is 10.9. The van der Waals surface area contributed by atoms with E-state index in [1.54, 1.807) is 18.2 Å². The van der Waals surface area contributed by atoms with E-state index < -0.39 is 12.0 Å². The van der Waals surface area contributed by atoms with Crippen molar-refractivity contribution in [3.63, 3.8) is 0 Å². The standard InChI is InChI=1S/C13H18ClNO3/c1-3-7-18-12-6-5-9(8-10(12)14)15-11(4-2)13(16)17/h5-6,8,11,15H,3-4,7H2,1-2H3,(H,16,17). The lowest BCUT2D eigenvalue weighted by Gasteiger charge is -2.15. The molecule has 0 radical (unpaired) electrons. The zero-order valence-corrected chi connectivity index (χ0v) is 11.3. The van der Waals surface area contributed by atoms with Crippen molar-refractivity contribution >= 4 is 23.3 Å². The van der Waals surface area contributed by atoms with Crippen LogP contribution in [-0.2, 0) is 4.79 Å². The fourth-order valence-corrected chi connectivity index (χ4v) is 1.69. The van der Waals surface area contributed by atoms with Gasteiger partial charge in [0.1, 0.15) is 11.8 Å². The Balaban J connectivity index is 2.74. The zero-order chi connectivity index (χ0) is 13.5. The summed E-state index contributed by atoms with van der Waals surface area (Å²) in [5.41, 5.74) is 0.679. The van der Waals surface area contributed by atoms with Gasteiger partial charge >= 0.3 is 5.97 Å². The molecule has 0 aliphatic heterocycles. The monoisotopic (exact) mass is 271 g/mol. The number of carboxylic acids is 1. The predicted octanol–water partition coefficient (Wildman–Crippen LogP) is 3.40. The van der Waals surface area contributed by atoms with Crippen LogP contribution in [0.3, 0.4) is 0 Å². The van der Waals surface area contributed by atoms with E-state index in [2.05, 4.69) is 5.32 Å². The number of hydrogen-bond donors (Lipinski definition) is 2. The van der Waals surface area contributed by atoms with Gasteiger partial charge in [0.05, 0.1) is 11.6 Å². The van der Waals surface area contributed by atoms with Crippen LogP contribution in [0.2, 0.25) is 5.02 Å². The average molecular weight is 272 g/mol. The molecule has 0 fully saturated rings. The first kappa shape index (κ1) is 14.6. The fraction of sp³-hybridized carbons (Fsp3) is 0.462. The molecule has 0 saturated carbocycles. The molecule has 1 aromatic rings. The maximum atomic E-state index is 10.9. The molecule has 0 aromatic heterocycles. The van der Waals surface area contributed by atoms with Gasteiger partial charge in [-0.2, -0.15) is 0 Å². The van der Waals surface area contributed by atoms with E-state index in [1.807, 2.05) is 13.8 Å². The van der Waals surface area contributed by atoms with Crippen LogP contribution in [0.5, 0.6) is 5.75 Å². The van der Waals surface area contributed by atoms with Gasteiger partial charge in [-0.15, -0.1) is 0 Å². The molecular weight excluding hydrogens is 254 g/mol. The van der Waals surface area contributed by atoms with E-state index in [1.165, 1.54) is 0 Å². The SMILES string of the molecule is CCCOc1ccc(NC(CC)C(=O)O)cc1Cl. The van der Waals surface area contributed by atoms with E-state index >= 15 is 0 Å². The van der Waals surface area contributed by atoms with Gasteiger partial charge in [-0.25, -0.2) is 4.79 Å². The molecule has 5 heteroatoms. The van der Waals surface area contributed by atoms with Crippen LogP contribution >= 0.6 is 11.6 Å². The smallest absolute Gasteiger partial charge is 0.326 e. The Labute approximate surface area is 112 Å². The van der Waals surface area contributed by atoms with E-state index in [4.69, 9.17) is 21.4 Å². The quantitative estimate of drug-likeness (QED) is 0.798. The van der Waals surface area contributed by atoms with Crippen molar-refractivity contribution in [1.82, 2.24) is 0 Å². The van der Waals surface area contributed by atoms with Gasteiger partial charge in [0.15, 0.2) is 0 Å². The van der Waals surface area contributed by atoms with E-state index in [9.17, 15) is 4.79 Å². The van der Waals surface area contributed by atoms with Crippen molar-refractivity contribution in [2.45, 2.75) is 32.7 Å². The summed E-state index contributed by atoms with van der Waals surface area (Å²) in [7, 11) is 0.